The molecule has 0 heterocycles. The van der Waals surface area contributed by atoms with E-state index >= 15 is 0 Å². The van der Waals surface area contributed by atoms with E-state index in [0.717, 1.165) is 18.5 Å². The third-order valence-electron chi connectivity index (χ3n) is 3.22. The summed E-state index contributed by atoms with van der Waals surface area (Å²) in [6.07, 6.45) is 8.01. The minimum Gasteiger partial charge on any atom is -0.504 e. The summed E-state index contributed by atoms with van der Waals surface area (Å²) in [5.74, 6) is 0.632. The highest BCUT2D eigenvalue weighted by Gasteiger charge is 2.10. The molecule has 3 heteroatoms. The van der Waals surface area contributed by atoms with Gasteiger partial charge in [-0.2, -0.15) is 0 Å². The molecule has 17 heavy (non-hydrogen) atoms. The zero-order valence-electron chi connectivity index (χ0n) is 9.89. The molecule has 0 bridgehead atoms. The number of hydrogen-bond donors (Lipinski definition) is 3. The van der Waals surface area contributed by atoms with Crippen LogP contribution in [0.15, 0.2) is 30.4 Å². The van der Waals surface area contributed by atoms with Crippen molar-refractivity contribution in [1.82, 2.24) is 5.32 Å². The van der Waals surface area contributed by atoms with E-state index in [1.807, 2.05) is 6.07 Å². The maximum absolute atomic E-state index is 9.63. The van der Waals surface area contributed by atoms with Gasteiger partial charge in [0.15, 0.2) is 11.5 Å². The fourth-order valence-corrected chi connectivity index (χ4v) is 2.17. The summed E-state index contributed by atoms with van der Waals surface area (Å²) in [4.78, 5) is 0. The van der Waals surface area contributed by atoms with Crippen LogP contribution >= 0.6 is 0 Å². The number of phenols is 2. The summed E-state index contributed by atoms with van der Waals surface area (Å²) in [7, 11) is 0. The van der Waals surface area contributed by atoms with Gasteiger partial charge in [0.05, 0.1) is 0 Å². The predicted molar refractivity (Wildman–Crippen MR) is 68.0 cm³/mol. The van der Waals surface area contributed by atoms with Crippen LogP contribution in [-0.4, -0.2) is 16.8 Å². The summed E-state index contributed by atoms with van der Waals surface area (Å²) < 4.78 is 0. The van der Waals surface area contributed by atoms with Crippen LogP contribution in [-0.2, 0) is 6.54 Å². The molecule has 0 aromatic heterocycles. The van der Waals surface area contributed by atoms with Crippen LogP contribution in [0.3, 0.4) is 0 Å². The summed E-state index contributed by atoms with van der Waals surface area (Å²) in [5.41, 5.74) is 0.747. The van der Waals surface area contributed by atoms with E-state index in [4.69, 9.17) is 0 Å². The molecule has 1 aliphatic rings. The molecular formula is C14H19NO2. The molecule has 92 valence electrons. The van der Waals surface area contributed by atoms with Crippen molar-refractivity contribution in [3.8, 4) is 11.5 Å². The minimum absolute atomic E-state index is 0.0106. The van der Waals surface area contributed by atoms with Gasteiger partial charge in [-0.25, -0.2) is 0 Å². The van der Waals surface area contributed by atoms with Gasteiger partial charge in [-0.05, 0) is 37.8 Å². The van der Waals surface area contributed by atoms with E-state index in [2.05, 4.69) is 17.5 Å². The molecule has 1 atom stereocenters. The zero-order chi connectivity index (χ0) is 12.1. The van der Waals surface area contributed by atoms with Crippen LogP contribution in [0.1, 0.15) is 24.8 Å². The van der Waals surface area contributed by atoms with Crippen molar-refractivity contribution >= 4 is 0 Å². The maximum Gasteiger partial charge on any atom is 0.161 e. The number of allylic oxidation sites excluding steroid dienone is 2. The highest BCUT2D eigenvalue weighted by molar-refractivity contribution is 5.44. The lowest BCUT2D eigenvalue weighted by atomic mass is 9.94. The van der Waals surface area contributed by atoms with Crippen molar-refractivity contribution < 1.29 is 10.2 Å². The molecule has 1 aromatic rings. The van der Waals surface area contributed by atoms with Gasteiger partial charge >= 0.3 is 0 Å². The first kappa shape index (κ1) is 12.0. The number of phenolic OH excluding ortho intramolecular Hbond substituents is 2. The van der Waals surface area contributed by atoms with E-state index in [0.29, 0.717) is 12.5 Å². The summed E-state index contributed by atoms with van der Waals surface area (Å²) in [6.45, 7) is 1.56. The van der Waals surface area contributed by atoms with Gasteiger partial charge in [-0.15, -0.1) is 0 Å². The number of nitrogens with one attached hydrogen (secondary N) is 1. The van der Waals surface area contributed by atoms with Crippen molar-refractivity contribution in [2.75, 3.05) is 6.54 Å². The Balaban J connectivity index is 1.81. The summed E-state index contributed by atoms with van der Waals surface area (Å²) >= 11 is 0. The van der Waals surface area contributed by atoms with Crippen LogP contribution in [0.2, 0.25) is 0 Å². The monoisotopic (exact) mass is 233 g/mol. The van der Waals surface area contributed by atoms with Crippen molar-refractivity contribution in [3.63, 3.8) is 0 Å². The van der Waals surface area contributed by atoms with Gasteiger partial charge in [0, 0.05) is 12.1 Å². The quantitative estimate of drug-likeness (QED) is 0.553. The fraction of sp³-hybridized carbons (Fsp3) is 0.429. The van der Waals surface area contributed by atoms with Gasteiger partial charge < -0.3 is 15.5 Å². The molecule has 2 rings (SSSR count). The second-order valence-corrected chi connectivity index (χ2v) is 4.57. The third-order valence-corrected chi connectivity index (χ3v) is 3.22. The standard InChI is InChI=1S/C14H19NO2/c16-13-8-4-7-12(14(13)17)10-15-9-11-5-2-1-3-6-11/h1-2,4,7-8,11,15-17H,3,5-6,9-10H2. The lowest BCUT2D eigenvalue weighted by Crippen LogP contribution is -2.23. The molecule has 1 aliphatic carbocycles. The van der Waals surface area contributed by atoms with Crippen LogP contribution in [0.5, 0.6) is 11.5 Å². The minimum atomic E-state index is -0.0510. The Morgan fingerprint density at radius 2 is 2.12 bits per heavy atom. The molecule has 0 radical (unpaired) electrons. The van der Waals surface area contributed by atoms with Crippen molar-refractivity contribution in [2.45, 2.75) is 25.8 Å². The first-order valence-electron chi connectivity index (χ1n) is 6.13. The topological polar surface area (TPSA) is 52.5 Å². The van der Waals surface area contributed by atoms with Crippen LogP contribution in [0.25, 0.3) is 0 Å². The first-order valence-corrected chi connectivity index (χ1v) is 6.13. The van der Waals surface area contributed by atoms with Gasteiger partial charge in [0.2, 0.25) is 0 Å². The number of para-hydroxylation sites is 1. The third kappa shape index (κ3) is 3.24. The molecule has 0 aliphatic heterocycles. The van der Waals surface area contributed by atoms with Crippen molar-refractivity contribution in [3.05, 3.63) is 35.9 Å². The SMILES string of the molecule is Oc1cccc(CNCC2CC=CCC2)c1O. The first-order chi connectivity index (χ1) is 8.27. The molecule has 0 fully saturated rings. The highest BCUT2D eigenvalue weighted by atomic mass is 16.3. The van der Waals surface area contributed by atoms with Crippen molar-refractivity contribution in [2.24, 2.45) is 5.92 Å². The average molecular weight is 233 g/mol. The number of benzene rings is 1. The lowest BCUT2D eigenvalue weighted by molar-refractivity contribution is 0.394. The normalized spacial score (nSPS) is 19.4. The van der Waals surface area contributed by atoms with E-state index in [9.17, 15) is 10.2 Å². The summed E-state index contributed by atoms with van der Waals surface area (Å²) in [6, 6.07) is 5.06. The van der Waals surface area contributed by atoms with Crippen LogP contribution in [0.4, 0.5) is 0 Å². The summed E-state index contributed by atoms with van der Waals surface area (Å²) in [5, 5.41) is 22.3. The second-order valence-electron chi connectivity index (χ2n) is 4.57. The van der Waals surface area contributed by atoms with Crippen LogP contribution < -0.4 is 5.32 Å². The van der Waals surface area contributed by atoms with E-state index in [1.54, 1.807) is 6.07 Å². The van der Waals surface area contributed by atoms with Gasteiger partial charge in [0.1, 0.15) is 0 Å². The number of rotatable bonds is 4. The van der Waals surface area contributed by atoms with E-state index in [1.165, 1.54) is 18.9 Å². The molecule has 1 aromatic carbocycles. The smallest absolute Gasteiger partial charge is 0.161 e. The van der Waals surface area contributed by atoms with E-state index in [-0.39, 0.29) is 11.5 Å². The van der Waals surface area contributed by atoms with E-state index < -0.39 is 0 Å². The lowest BCUT2D eigenvalue weighted by Gasteiger charge is -2.18. The molecule has 0 saturated carbocycles. The highest BCUT2D eigenvalue weighted by Crippen LogP contribution is 2.28. The molecule has 0 saturated heterocycles. The van der Waals surface area contributed by atoms with Gasteiger partial charge in [-0.1, -0.05) is 24.3 Å². The zero-order valence-corrected chi connectivity index (χ0v) is 9.89. The molecule has 3 nitrogen and oxygen atoms in total. The maximum atomic E-state index is 9.63. The fourth-order valence-electron chi connectivity index (χ4n) is 2.17. The molecular weight excluding hydrogens is 214 g/mol. The Morgan fingerprint density at radius 1 is 1.24 bits per heavy atom. The Morgan fingerprint density at radius 3 is 2.88 bits per heavy atom. The average Bonchev–Trinajstić information content (AvgIpc) is 2.36. The number of aromatic hydroxyl groups is 2. The van der Waals surface area contributed by atoms with Crippen LogP contribution in [0, 0.1) is 5.92 Å². The Kier molecular flexibility index (Phi) is 4.04. The Labute approximate surface area is 102 Å². The Hall–Kier alpha value is -1.48. The van der Waals surface area contributed by atoms with Gasteiger partial charge in [0.25, 0.3) is 0 Å². The molecule has 0 spiro atoms. The number of hydrogen-bond acceptors (Lipinski definition) is 3. The van der Waals surface area contributed by atoms with Gasteiger partial charge in [-0.3, -0.25) is 0 Å². The molecule has 0 amide bonds. The predicted octanol–water partition coefficient (Wildman–Crippen LogP) is 2.54. The second kappa shape index (κ2) is 5.73. The van der Waals surface area contributed by atoms with Crippen molar-refractivity contribution in [1.29, 1.82) is 0 Å². The largest absolute Gasteiger partial charge is 0.504 e. The molecule has 3 N–H and O–H groups in total. The Bertz CT molecular complexity index is 401. The molecule has 1 unspecified atom stereocenters.